The van der Waals surface area contributed by atoms with Gasteiger partial charge in [-0.25, -0.2) is 4.39 Å². The van der Waals surface area contributed by atoms with Crippen LogP contribution >= 0.6 is 15.9 Å². The smallest absolute Gasteiger partial charge is 0.122 e. The maximum Gasteiger partial charge on any atom is 0.122 e. The van der Waals surface area contributed by atoms with Crippen LogP contribution in [0.1, 0.15) is 25.3 Å². The van der Waals surface area contributed by atoms with Gasteiger partial charge in [0.15, 0.2) is 0 Å². The number of benzene rings is 1. The number of hydrogen-bond acceptors (Lipinski definition) is 1. The Bertz CT molecular complexity index is 355. The van der Waals surface area contributed by atoms with Crippen molar-refractivity contribution in [1.82, 2.24) is 5.32 Å². The highest BCUT2D eigenvalue weighted by atomic mass is 79.9. The van der Waals surface area contributed by atoms with E-state index < -0.39 is 11.7 Å². The highest BCUT2D eigenvalue weighted by Crippen LogP contribution is 2.33. The minimum atomic E-state index is -0.805. The van der Waals surface area contributed by atoms with E-state index in [1.165, 1.54) is 0 Å². The number of alkyl halides is 1. The van der Waals surface area contributed by atoms with Crippen LogP contribution in [0.25, 0.3) is 0 Å². The summed E-state index contributed by atoms with van der Waals surface area (Å²) in [4.78, 5) is 0. The van der Waals surface area contributed by atoms with Crippen LogP contribution in [-0.2, 0) is 5.54 Å². The molecule has 82 valence electrons. The van der Waals surface area contributed by atoms with Gasteiger partial charge in [0.1, 0.15) is 6.17 Å². The Morgan fingerprint density at radius 2 is 2.33 bits per heavy atom. The van der Waals surface area contributed by atoms with E-state index in [-0.39, 0.29) is 0 Å². The van der Waals surface area contributed by atoms with Gasteiger partial charge in [-0.2, -0.15) is 0 Å². The molecule has 2 unspecified atom stereocenters. The highest BCUT2D eigenvalue weighted by molar-refractivity contribution is 9.10. The molecule has 1 aromatic carbocycles. The first-order valence-corrected chi connectivity index (χ1v) is 6.07. The number of piperidine rings is 1. The van der Waals surface area contributed by atoms with E-state index in [9.17, 15) is 4.39 Å². The lowest BCUT2D eigenvalue weighted by atomic mass is 9.82. The Kier molecular flexibility index (Phi) is 3.12. The minimum absolute atomic E-state index is 0.526. The Morgan fingerprint density at radius 1 is 1.53 bits per heavy atom. The van der Waals surface area contributed by atoms with E-state index >= 15 is 0 Å². The van der Waals surface area contributed by atoms with Gasteiger partial charge in [-0.15, -0.1) is 0 Å². The molecule has 15 heavy (non-hydrogen) atoms. The molecule has 0 aromatic heterocycles. The summed E-state index contributed by atoms with van der Waals surface area (Å²) in [7, 11) is 0. The molecule has 1 saturated heterocycles. The van der Waals surface area contributed by atoms with Gasteiger partial charge in [-0.05, 0) is 44.0 Å². The Morgan fingerprint density at radius 3 is 3.00 bits per heavy atom. The quantitative estimate of drug-likeness (QED) is 0.826. The standard InChI is InChI=1S/C12H15BrFN/c1-12(11(14)6-3-7-15-12)9-4-2-5-10(13)8-9/h2,4-5,8,11,15H,3,6-7H2,1H3. The lowest BCUT2D eigenvalue weighted by Crippen LogP contribution is -2.51. The second-order valence-corrected chi connectivity index (χ2v) is 5.16. The van der Waals surface area contributed by atoms with E-state index in [0.717, 1.165) is 23.0 Å². The third-order valence-corrected chi connectivity index (χ3v) is 3.67. The topological polar surface area (TPSA) is 12.0 Å². The average molecular weight is 272 g/mol. The lowest BCUT2D eigenvalue weighted by molar-refractivity contribution is 0.121. The van der Waals surface area contributed by atoms with Gasteiger partial charge < -0.3 is 5.32 Å². The summed E-state index contributed by atoms with van der Waals surface area (Å²) in [5.41, 5.74) is 0.492. The monoisotopic (exact) mass is 271 g/mol. The first-order chi connectivity index (χ1) is 7.13. The molecular formula is C12H15BrFN. The lowest BCUT2D eigenvalue weighted by Gasteiger charge is -2.38. The molecule has 3 heteroatoms. The van der Waals surface area contributed by atoms with Crippen LogP contribution in [0.2, 0.25) is 0 Å². The summed E-state index contributed by atoms with van der Waals surface area (Å²) < 4.78 is 15.0. The SMILES string of the molecule is CC1(c2cccc(Br)c2)NCCCC1F. The van der Waals surface area contributed by atoms with E-state index in [1.807, 2.05) is 31.2 Å². The summed E-state index contributed by atoms with van der Waals surface area (Å²) in [6.45, 7) is 2.84. The van der Waals surface area contributed by atoms with Gasteiger partial charge in [0.25, 0.3) is 0 Å². The molecule has 1 heterocycles. The van der Waals surface area contributed by atoms with Crippen LogP contribution in [0.5, 0.6) is 0 Å². The van der Waals surface area contributed by atoms with E-state index in [1.54, 1.807) is 0 Å². The number of rotatable bonds is 1. The van der Waals surface area contributed by atoms with Crippen molar-refractivity contribution in [2.75, 3.05) is 6.54 Å². The molecule has 0 radical (unpaired) electrons. The maximum atomic E-state index is 14.0. The fourth-order valence-corrected chi connectivity index (χ4v) is 2.52. The third-order valence-electron chi connectivity index (χ3n) is 3.18. The first-order valence-electron chi connectivity index (χ1n) is 5.28. The van der Waals surface area contributed by atoms with Crippen molar-refractivity contribution in [1.29, 1.82) is 0 Å². The number of nitrogens with one attached hydrogen (secondary N) is 1. The van der Waals surface area contributed by atoms with Crippen LogP contribution in [-0.4, -0.2) is 12.7 Å². The van der Waals surface area contributed by atoms with E-state index in [4.69, 9.17) is 0 Å². The van der Waals surface area contributed by atoms with Crippen molar-refractivity contribution in [3.8, 4) is 0 Å². The Hall–Kier alpha value is -0.410. The fourth-order valence-electron chi connectivity index (χ4n) is 2.12. The van der Waals surface area contributed by atoms with Crippen LogP contribution < -0.4 is 5.32 Å². The largest absolute Gasteiger partial charge is 0.305 e. The number of hydrogen-bond donors (Lipinski definition) is 1. The van der Waals surface area contributed by atoms with Crippen molar-refractivity contribution in [2.45, 2.75) is 31.5 Å². The second kappa shape index (κ2) is 4.22. The minimum Gasteiger partial charge on any atom is -0.305 e. The average Bonchev–Trinajstić information content (AvgIpc) is 2.23. The molecule has 1 aromatic rings. The van der Waals surface area contributed by atoms with Crippen molar-refractivity contribution in [2.24, 2.45) is 0 Å². The van der Waals surface area contributed by atoms with Gasteiger partial charge in [-0.3, -0.25) is 0 Å². The second-order valence-electron chi connectivity index (χ2n) is 4.25. The van der Waals surface area contributed by atoms with Crippen LogP contribution in [0.3, 0.4) is 0 Å². The van der Waals surface area contributed by atoms with E-state index in [2.05, 4.69) is 21.2 Å². The van der Waals surface area contributed by atoms with Gasteiger partial charge in [0.2, 0.25) is 0 Å². The summed E-state index contributed by atoms with van der Waals surface area (Å²) in [6.07, 6.45) is 0.765. The van der Waals surface area contributed by atoms with E-state index in [0.29, 0.717) is 6.42 Å². The summed E-state index contributed by atoms with van der Waals surface area (Å²) in [5, 5.41) is 3.29. The van der Waals surface area contributed by atoms with Crippen LogP contribution in [0, 0.1) is 0 Å². The van der Waals surface area contributed by atoms with Crippen molar-refractivity contribution in [3.05, 3.63) is 34.3 Å². The predicted molar refractivity (Wildman–Crippen MR) is 63.6 cm³/mol. The van der Waals surface area contributed by atoms with Gasteiger partial charge in [0, 0.05) is 4.47 Å². The molecule has 0 spiro atoms. The zero-order valence-corrected chi connectivity index (χ0v) is 10.3. The van der Waals surface area contributed by atoms with Gasteiger partial charge in [0.05, 0.1) is 5.54 Å². The summed E-state index contributed by atoms with van der Waals surface area (Å²) in [5.74, 6) is 0. The van der Waals surface area contributed by atoms with Gasteiger partial charge >= 0.3 is 0 Å². The van der Waals surface area contributed by atoms with Crippen LogP contribution in [0.4, 0.5) is 4.39 Å². The molecular weight excluding hydrogens is 257 g/mol. The zero-order valence-electron chi connectivity index (χ0n) is 8.76. The molecule has 0 saturated carbocycles. The predicted octanol–water partition coefficient (Wildman–Crippen LogP) is 3.39. The normalized spacial score (nSPS) is 31.5. The maximum absolute atomic E-state index is 14.0. The Labute approximate surface area is 98.2 Å². The molecule has 1 aliphatic rings. The summed E-state index contributed by atoms with van der Waals surface area (Å²) in [6, 6.07) is 7.89. The molecule has 1 fully saturated rings. The van der Waals surface area contributed by atoms with Crippen molar-refractivity contribution in [3.63, 3.8) is 0 Å². The van der Waals surface area contributed by atoms with Gasteiger partial charge in [-0.1, -0.05) is 28.1 Å². The third kappa shape index (κ3) is 2.08. The molecule has 1 nitrogen and oxygen atoms in total. The van der Waals surface area contributed by atoms with Crippen molar-refractivity contribution < 1.29 is 4.39 Å². The molecule has 0 bridgehead atoms. The summed E-state index contributed by atoms with van der Waals surface area (Å²) >= 11 is 3.42. The highest BCUT2D eigenvalue weighted by Gasteiger charge is 2.38. The Balaban J connectivity index is 2.34. The molecule has 2 atom stereocenters. The molecule has 0 aliphatic carbocycles. The molecule has 2 rings (SSSR count). The molecule has 1 N–H and O–H groups in total. The van der Waals surface area contributed by atoms with Crippen molar-refractivity contribution >= 4 is 15.9 Å². The first kappa shape index (κ1) is 11.1. The zero-order chi connectivity index (χ0) is 10.9. The van der Waals surface area contributed by atoms with Crippen LogP contribution in [0.15, 0.2) is 28.7 Å². The molecule has 1 aliphatic heterocycles. The number of halogens is 2. The fraction of sp³-hybridized carbons (Fsp3) is 0.500. The molecule has 0 amide bonds.